The van der Waals surface area contributed by atoms with Crippen molar-refractivity contribution in [2.75, 3.05) is 59.5 Å². The highest BCUT2D eigenvalue weighted by Gasteiger charge is 2.39. The Kier molecular flexibility index (Phi) is 24.1. The third-order valence-electron chi connectivity index (χ3n) is 6.30. The van der Waals surface area contributed by atoms with Gasteiger partial charge in [0.05, 0.1) is 33.0 Å². The molecule has 0 bridgehead atoms. The minimum Gasteiger partial charge on any atom is -0.460 e. The molecule has 0 fully saturated rings. The highest BCUT2D eigenvalue weighted by Crippen LogP contribution is 2.20. The van der Waals surface area contributed by atoms with Gasteiger partial charge in [-0.15, -0.1) is 0 Å². The molecule has 5 N–H and O–H groups in total. The zero-order chi connectivity index (χ0) is 40.0. The van der Waals surface area contributed by atoms with Crippen LogP contribution in [0.4, 0.5) is 0 Å². The maximum Gasteiger partial charge on any atom is 0.333 e. The fourth-order valence-corrected chi connectivity index (χ4v) is 3.53. The van der Waals surface area contributed by atoms with Crippen molar-refractivity contribution in [1.29, 1.82) is 0 Å². The van der Waals surface area contributed by atoms with Gasteiger partial charge in [0.1, 0.15) is 75.3 Å². The zero-order valence-corrected chi connectivity index (χ0v) is 29.9. The van der Waals surface area contributed by atoms with Crippen molar-refractivity contribution in [3.05, 3.63) is 48.6 Å². The van der Waals surface area contributed by atoms with Crippen molar-refractivity contribution >= 4 is 30.2 Å². The molecule has 0 amide bonds. The lowest BCUT2D eigenvalue weighted by Gasteiger charge is -2.36. The van der Waals surface area contributed by atoms with Gasteiger partial charge < -0.3 is 68.2 Å². The second-order valence-electron chi connectivity index (χ2n) is 11.7. The van der Waals surface area contributed by atoms with Crippen molar-refractivity contribution in [3.63, 3.8) is 0 Å². The van der Waals surface area contributed by atoms with Gasteiger partial charge >= 0.3 is 23.9 Å². The van der Waals surface area contributed by atoms with Crippen LogP contribution in [0, 0.1) is 0 Å². The number of aliphatic hydroxyl groups excluding tert-OH is 5. The van der Waals surface area contributed by atoms with Gasteiger partial charge in [0.2, 0.25) is 0 Å². The second kappa shape index (κ2) is 26.0. The molecule has 0 spiro atoms. The first-order valence-corrected chi connectivity index (χ1v) is 15.9. The van der Waals surface area contributed by atoms with E-state index in [4.69, 9.17) is 37.9 Å². The van der Waals surface area contributed by atoms with Gasteiger partial charge in [-0.25, -0.2) is 19.2 Å². The van der Waals surface area contributed by atoms with E-state index in [9.17, 15) is 49.5 Å². The summed E-state index contributed by atoms with van der Waals surface area (Å²) in [6.45, 7) is 13.6. The molecule has 0 rings (SSSR count). The Morgan fingerprint density at radius 2 is 0.788 bits per heavy atom. The third kappa shape index (κ3) is 20.3. The molecule has 18 nitrogen and oxygen atoms in total. The summed E-state index contributed by atoms with van der Waals surface area (Å²) in [5.41, 5.74) is 0.229. The maximum atomic E-state index is 12.4. The molecule has 296 valence electrons. The summed E-state index contributed by atoms with van der Waals surface area (Å²) in [5, 5.41) is 52.0. The van der Waals surface area contributed by atoms with Gasteiger partial charge in [0.15, 0.2) is 6.29 Å². The Labute approximate surface area is 302 Å². The number of hydrogen-bond donors (Lipinski definition) is 5. The second-order valence-corrected chi connectivity index (χ2v) is 11.7. The number of aldehydes is 1. The van der Waals surface area contributed by atoms with Gasteiger partial charge in [0.25, 0.3) is 0 Å². The molecule has 8 atom stereocenters. The van der Waals surface area contributed by atoms with E-state index in [0.717, 1.165) is 0 Å². The van der Waals surface area contributed by atoms with Gasteiger partial charge in [-0.1, -0.05) is 26.3 Å². The van der Waals surface area contributed by atoms with Gasteiger partial charge in [-0.3, -0.25) is 0 Å². The van der Waals surface area contributed by atoms with Crippen LogP contribution in [0.3, 0.4) is 0 Å². The summed E-state index contributed by atoms with van der Waals surface area (Å²) >= 11 is 0. The number of aliphatic hydroxyl groups is 5. The van der Waals surface area contributed by atoms with E-state index in [-0.39, 0.29) is 28.6 Å². The number of rotatable bonds is 29. The maximum absolute atomic E-state index is 12.4. The van der Waals surface area contributed by atoms with Gasteiger partial charge in [0, 0.05) is 22.3 Å². The molecule has 0 radical (unpaired) electrons. The molecule has 0 aromatic rings. The molecule has 0 saturated heterocycles. The lowest BCUT2D eigenvalue weighted by Crippen LogP contribution is -2.53. The van der Waals surface area contributed by atoms with Gasteiger partial charge in [-0.2, -0.15) is 0 Å². The van der Waals surface area contributed by atoms with E-state index in [1.165, 1.54) is 27.7 Å². The molecule has 0 aromatic heterocycles. The number of carbonyl (C=O) groups excluding carboxylic acids is 5. The number of ether oxygens (including phenoxy) is 8. The van der Waals surface area contributed by atoms with Crippen molar-refractivity contribution in [2.24, 2.45) is 0 Å². The summed E-state index contributed by atoms with van der Waals surface area (Å²) < 4.78 is 42.4. The normalized spacial score (nSPS) is 15.7. The summed E-state index contributed by atoms with van der Waals surface area (Å²) in [6, 6.07) is 0. The largest absolute Gasteiger partial charge is 0.460 e. The molecular formula is C34H52O18. The number of esters is 4. The van der Waals surface area contributed by atoms with Crippen LogP contribution in [-0.2, 0) is 61.9 Å². The van der Waals surface area contributed by atoms with Crippen LogP contribution in [-0.4, -0.2) is 164 Å². The van der Waals surface area contributed by atoms with Crippen LogP contribution < -0.4 is 0 Å². The Morgan fingerprint density at radius 3 is 1.08 bits per heavy atom. The van der Waals surface area contributed by atoms with Crippen molar-refractivity contribution in [2.45, 2.75) is 76.5 Å². The molecule has 0 heterocycles. The minimum absolute atomic E-state index is 0.0494. The molecule has 4 unspecified atom stereocenters. The van der Waals surface area contributed by atoms with Crippen LogP contribution >= 0.6 is 0 Å². The third-order valence-corrected chi connectivity index (χ3v) is 6.30. The molecule has 52 heavy (non-hydrogen) atoms. The Bertz CT molecular complexity index is 1210. The lowest BCUT2D eigenvalue weighted by molar-refractivity contribution is -0.205. The van der Waals surface area contributed by atoms with E-state index in [2.05, 4.69) is 26.3 Å². The van der Waals surface area contributed by atoms with E-state index in [1.807, 2.05) is 0 Å². The van der Waals surface area contributed by atoms with Crippen LogP contribution in [0.1, 0.15) is 27.7 Å². The van der Waals surface area contributed by atoms with Crippen LogP contribution in [0.15, 0.2) is 48.6 Å². The van der Waals surface area contributed by atoms with Gasteiger partial charge in [-0.05, 0) is 27.7 Å². The highest BCUT2D eigenvalue weighted by molar-refractivity contribution is 5.88. The first-order chi connectivity index (χ1) is 24.3. The lowest BCUT2D eigenvalue weighted by atomic mass is 10.0. The zero-order valence-electron chi connectivity index (χ0n) is 29.9. The van der Waals surface area contributed by atoms with E-state index in [1.54, 1.807) is 0 Å². The minimum atomic E-state index is -1.70. The summed E-state index contributed by atoms with van der Waals surface area (Å²) in [6.07, 6.45) is -12.1. The predicted octanol–water partition coefficient (Wildman–Crippen LogP) is -1.36. The van der Waals surface area contributed by atoms with E-state index >= 15 is 0 Å². The first-order valence-electron chi connectivity index (χ1n) is 15.9. The molecule has 0 aromatic carbocycles. The fourth-order valence-electron chi connectivity index (χ4n) is 3.53. The average Bonchev–Trinajstić information content (AvgIpc) is 3.09. The smallest absolute Gasteiger partial charge is 0.333 e. The van der Waals surface area contributed by atoms with Crippen molar-refractivity contribution < 1.29 is 87.4 Å². The topological polar surface area (TPSA) is 260 Å². The number of hydrogen-bond acceptors (Lipinski definition) is 18. The average molecular weight is 749 g/mol. The van der Waals surface area contributed by atoms with Crippen LogP contribution in [0.25, 0.3) is 0 Å². The van der Waals surface area contributed by atoms with Crippen molar-refractivity contribution in [1.82, 2.24) is 0 Å². The van der Waals surface area contributed by atoms with Crippen LogP contribution in [0.5, 0.6) is 0 Å². The molecular weight excluding hydrogens is 696 g/mol. The fraction of sp³-hybridized carbons (Fsp3) is 0.618. The van der Waals surface area contributed by atoms with E-state index in [0.29, 0.717) is 0 Å². The first kappa shape index (κ1) is 48.1. The SMILES string of the molecule is C=C(C)C(=O)OCC(O)CO[C@@H]([C@H](OCC(O)COC(=O)C(=C)C)[C@@H](CO)OCC(O)COC(=O)C(=C)C)[C@@H](C=O)OCC(O)COC(=O)C(=C)C. The summed E-state index contributed by atoms with van der Waals surface area (Å²) in [7, 11) is 0. The molecule has 0 saturated carbocycles. The summed E-state index contributed by atoms with van der Waals surface area (Å²) in [4.78, 5) is 59.5. The quantitative estimate of drug-likeness (QED) is 0.0256. The Hall–Kier alpha value is -3.85. The van der Waals surface area contributed by atoms with Crippen LogP contribution in [0.2, 0.25) is 0 Å². The molecule has 0 aliphatic heterocycles. The van der Waals surface area contributed by atoms with Crippen molar-refractivity contribution in [3.8, 4) is 0 Å². The number of carbonyl (C=O) groups is 5. The molecule has 18 heteroatoms. The monoisotopic (exact) mass is 748 g/mol. The summed E-state index contributed by atoms with van der Waals surface area (Å²) in [5.74, 6) is -3.20. The highest BCUT2D eigenvalue weighted by atomic mass is 16.6. The molecule has 0 aliphatic carbocycles. The predicted molar refractivity (Wildman–Crippen MR) is 179 cm³/mol. The Balaban J connectivity index is 6.38. The Morgan fingerprint density at radius 1 is 0.500 bits per heavy atom. The standard InChI is InChI=1S/C34H52O18/c1-19(2)31(41)49-15-23(37)11-45-27(9-35)29(47-13-25(39)17-51-33(43)21(5)6)30(48-14-26(40)18-52-34(44)22(7)8)28(10-36)46-12-24(38)16-50-32(42)20(3)4/h9,23-30,36-40H,1,3,5,7,10-18H2,2,4,6,8H3/t23?,24?,25?,26?,27-,28-,29-,30-/m1/s1. The molecule has 0 aliphatic rings. The van der Waals surface area contributed by atoms with E-state index < -0.39 is 132 Å².